The zero-order valence-electron chi connectivity index (χ0n) is 16.3. The minimum absolute atomic E-state index is 0.0712. The summed E-state index contributed by atoms with van der Waals surface area (Å²) in [5.74, 6) is -2.24. The van der Waals surface area contributed by atoms with Gasteiger partial charge in [-0.15, -0.1) is 10.2 Å². The van der Waals surface area contributed by atoms with Gasteiger partial charge in [0.25, 0.3) is 5.91 Å². The van der Waals surface area contributed by atoms with Crippen molar-refractivity contribution in [3.63, 3.8) is 0 Å². The number of nitrogens with one attached hydrogen (secondary N) is 2. The van der Waals surface area contributed by atoms with Crippen molar-refractivity contribution in [3.8, 4) is 0 Å². The van der Waals surface area contributed by atoms with Crippen molar-refractivity contribution in [2.75, 3.05) is 11.1 Å². The molecule has 13 heteroatoms. The highest BCUT2D eigenvalue weighted by molar-refractivity contribution is 9.10. The van der Waals surface area contributed by atoms with Crippen molar-refractivity contribution in [2.45, 2.75) is 11.7 Å². The third-order valence-electron chi connectivity index (χ3n) is 4.11. The van der Waals surface area contributed by atoms with E-state index in [1.165, 1.54) is 12.1 Å². The molecule has 0 saturated heterocycles. The molecule has 1 heterocycles. The summed E-state index contributed by atoms with van der Waals surface area (Å²) in [6, 6.07) is 6.26. The Morgan fingerprint density at radius 2 is 1.94 bits per heavy atom. The predicted octanol–water partition coefficient (Wildman–Crippen LogP) is 4.82. The third-order valence-corrected chi connectivity index (χ3v) is 6.31. The second-order valence-electron chi connectivity index (χ2n) is 6.35. The zero-order valence-corrected chi connectivity index (χ0v) is 20.2. The zero-order chi connectivity index (χ0) is 23.4. The second-order valence-corrected chi connectivity index (χ2v) is 8.99. The summed E-state index contributed by atoms with van der Waals surface area (Å²) in [6.07, 6.45) is 0. The van der Waals surface area contributed by atoms with Crippen LogP contribution >= 0.6 is 50.9 Å². The summed E-state index contributed by atoms with van der Waals surface area (Å²) in [4.78, 5) is 24.5. The molecule has 0 aliphatic carbocycles. The summed E-state index contributed by atoms with van der Waals surface area (Å²) >= 11 is 15.9. The number of aromatic nitrogens is 3. The van der Waals surface area contributed by atoms with Crippen LogP contribution in [-0.4, -0.2) is 32.3 Å². The van der Waals surface area contributed by atoms with Gasteiger partial charge >= 0.3 is 0 Å². The average molecular weight is 565 g/mol. The van der Waals surface area contributed by atoms with Crippen molar-refractivity contribution in [1.29, 1.82) is 0 Å². The molecule has 2 N–H and O–H groups in total. The van der Waals surface area contributed by atoms with E-state index in [9.17, 15) is 18.4 Å². The van der Waals surface area contributed by atoms with Gasteiger partial charge in [0, 0.05) is 22.6 Å². The van der Waals surface area contributed by atoms with Crippen LogP contribution in [0.5, 0.6) is 0 Å². The molecule has 0 saturated carbocycles. The number of hydrogen-bond acceptors (Lipinski definition) is 5. The van der Waals surface area contributed by atoms with Crippen LogP contribution in [0.15, 0.2) is 40.0 Å². The van der Waals surface area contributed by atoms with Crippen LogP contribution in [0.1, 0.15) is 16.2 Å². The molecule has 3 aromatic rings. The number of rotatable bonds is 7. The Morgan fingerprint density at radius 3 is 2.62 bits per heavy atom. The smallest absolute Gasteiger partial charge is 0.253 e. The van der Waals surface area contributed by atoms with Crippen molar-refractivity contribution in [3.05, 3.63) is 67.9 Å². The topological polar surface area (TPSA) is 88.9 Å². The van der Waals surface area contributed by atoms with Gasteiger partial charge in [-0.25, -0.2) is 8.78 Å². The summed E-state index contributed by atoms with van der Waals surface area (Å²) in [5, 5.41) is 14.1. The van der Waals surface area contributed by atoms with Gasteiger partial charge in [-0.3, -0.25) is 9.59 Å². The Kier molecular flexibility index (Phi) is 8.10. The van der Waals surface area contributed by atoms with Crippen LogP contribution in [0, 0.1) is 11.6 Å². The maximum absolute atomic E-state index is 13.9. The predicted molar refractivity (Wildman–Crippen MR) is 122 cm³/mol. The van der Waals surface area contributed by atoms with E-state index in [1.807, 2.05) is 0 Å². The van der Waals surface area contributed by atoms with Crippen LogP contribution in [0.3, 0.4) is 0 Å². The van der Waals surface area contributed by atoms with Gasteiger partial charge in [-0.05, 0) is 40.2 Å². The fourth-order valence-electron chi connectivity index (χ4n) is 2.52. The van der Waals surface area contributed by atoms with Crippen LogP contribution in [0.2, 0.25) is 10.0 Å². The van der Waals surface area contributed by atoms with Gasteiger partial charge in [-0.2, -0.15) is 0 Å². The first-order chi connectivity index (χ1) is 15.2. The van der Waals surface area contributed by atoms with Gasteiger partial charge < -0.3 is 15.2 Å². The van der Waals surface area contributed by atoms with E-state index in [0.29, 0.717) is 22.1 Å². The molecule has 168 valence electrons. The van der Waals surface area contributed by atoms with E-state index in [4.69, 9.17) is 23.2 Å². The Balaban J connectivity index is 1.57. The third kappa shape index (κ3) is 5.97. The number of amides is 2. The monoisotopic (exact) mass is 563 g/mol. The molecule has 7 nitrogen and oxygen atoms in total. The van der Waals surface area contributed by atoms with Crippen molar-refractivity contribution in [2.24, 2.45) is 7.05 Å². The van der Waals surface area contributed by atoms with E-state index in [1.54, 1.807) is 17.7 Å². The highest BCUT2D eigenvalue weighted by Crippen LogP contribution is 2.27. The molecule has 0 fully saturated rings. The van der Waals surface area contributed by atoms with Crippen molar-refractivity contribution < 1.29 is 18.4 Å². The Hall–Kier alpha value is -2.21. The molecule has 2 amide bonds. The lowest BCUT2D eigenvalue weighted by atomic mass is 10.2. The van der Waals surface area contributed by atoms with Crippen LogP contribution in [-0.2, 0) is 18.4 Å². The van der Waals surface area contributed by atoms with Crippen molar-refractivity contribution >= 4 is 68.4 Å². The molecule has 0 aliphatic rings. The fourth-order valence-corrected chi connectivity index (χ4v) is 4.25. The molecule has 0 bridgehead atoms. The highest BCUT2D eigenvalue weighted by Gasteiger charge is 2.16. The highest BCUT2D eigenvalue weighted by atomic mass is 79.9. The lowest BCUT2D eigenvalue weighted by molar-refractivity contribution is -0.113. The van der Waals surface area contributed by atoms with Gasteiger partial charge in [-0.1, -0.05) is 35.0 Å². The number of hydrogen-bond donors (Lipinski definition) is 2. The average Bonchev–Trinajstić information content (AvgIpc) is 3.06. The molecule has 2 aromatic carbocycles. The molecule has 32 heavy (non-hydrogen) atoms. The summed E-state index contributed by atoms with van der Waals surface area (Å²) in [6.45, 7) is 0.0712. The lowest BCUT2D eigenvalue weighted by Crippen LogP contribution is -2.24. The minimum atomic E-state index is -0.896. The molecule has 0 atom stereocenters. The number of thioether (sulfide) groups is 1. The second kappa shape index (κ2) is 10.6. The van der Waals surface area contributed by atoms with Crippen LogP contribution in [0.25, 0.3) is 0 Å². The van der Waals surface area contributed by atoms with Crippen molar-refractivity contribution in [1.82, 2.24) is 20.1 Å². The number of carbonyl (C=O) groups excluding carboxylic acids is 2. The number of nitrogens with zero attached hydrogens (tertiary/aromatic N) is 3. The molecule has 1 aromatic heterocycles. The summed E-state index contributed by atoms with van der Waals surface area (Å²) in [5.41, 5.74) is 0.114. The van der Waals surface area contributed by atoms with Gasteiger partial charge in [0.2, 0.25) is 5.91 Å². The number of benzene rings is 2. The quantitative estimate of drug-likeness (QED) is 0.401. The van der Waals surface area contributed by atoms with Gasteiger partial charge in [0.1, 0.15) is 5.82 Å². The number of halogens is 5. The largest absolute Gasteiger partial charge is 0.345 e. The first kappa shape index (κ1) is 24.4. The van der Waals surface area contributed by atoms with Crippen LogP contribution in [0.4, 0.5) is 14.5 Å². The first-order valence-electron chi connectivity index (χ1n) is 8.84. The summed E-state index contributed by atoms with van der Waals surface area (Å²) in [7, 11) is 1.67. The molecule has 0 radical (unpaired) electrons. The molecule has 0 aliphatic heterocycles. The number of anilines is 1. The Labute approximate surface area is 204 Å². The molecular formula is C19H14BrCl2F2N5O2S. The van der Waals surface area contributed by atoms with E-state index in [2.05, 4.69) is 36.8 Å². The van der Waals surface area contributed by atoms with E-state index < -0.39 is 23.4 Å². The SMILES string of the molecule is Cn1c(CNC(=O)c2ccc(Cl)cc2Cl)nnc1SCC(=O)Nc1c(F)cc(F)cc1Br. The van der Waals surface area contributed by atoms with E-state index >= 15 is 0 Å². The minimum Gasteiger partial charge on any atom is -0.345 e. The molecular weight excluding hydrogens is 551 g/mol. The van der Waals surface area contributed by atoms with Gasteiger partial charge in [0.05, 0.1) is 28.6 Å². The summed E-state index contributed by atoms with van der Waals surface area (Å²) < 4.78 is 28.7. The maximum atomic E-state index is 13.9. The first-order valence-corrected chi connectivity index (χ1v) is 11.4. The fraction of sp³-hybridized carbons (Fsp3) is 0.158. The van der Waals surface area contributed by atoms with E-state index in [0.717, 1.165) is 17.8 Å². The number of carbonyl (C=O) groups is 2. The standard InChI is InChI=1S/C19H14BrCl2F2N5O2S/c1-29-15(7-25-18(31)11-3-2-9(21)4-13(11)22)27-28-19(29)32-8-16(30)26-17-12(20)5-10(23)6-14(17)24/h2-6H,7-8H2,1H3,(H,25,31)(H,26,30). The Bertz CT molecular complexity index is 1170. The maximum Gasteiger partial charge on any atom is 0.253 e. The van der Waals surface area contributed by atoms with E-state index in [-0.39, 0.29) is 33.0 Å². The molecule has 0 spiro atoms. The lowest BCUT2D eigenvalue weighted by Gasteiger charge is -2.09. The van der Waals surface area contributed by atoms with Crippen LogP contribution < -0.4 is 10.6 Å². The molecule has 0 unspecified atom stereocenters. The molecule has 3 rings (SSSR count). The Morgan fingerprint density at radius 1 is 1.19 bits per heavy atom. The van der Waals surface area contributed by atoms with Gasteiger partial charge in [0.15, 0.2) is 16.8 Å². The normalized spacial score (nSPS) is 10.8.